The van der Waals surface area contributed by atoms with Crippen molar-refractivity contribution in [3.05, 3.63) is 60.2 Å². The van der Waals surface area contributed by atoms with Crippen molar-refractivity contribution in [1.82, 2.24) is 19.9 Å². The summed E-state index contributed by atoms with van der Waals surface area (Å²) in [6.45, 7) is 0. The Morgan fingerprint density at radius 2 is 1.88 bits per heavy atom. The van der Waals surface area contributed by atoms with Crippen LogP contribution in [0.25, 0.3) is 22.4 Å². The number of amides is 1. The molecule has 3 aromatic rings. The average Bonchev–Trinajstić information content (AvgIpc) is 2.68. The van der Waals surface area contributed by atoms with Crippen molar-refractivity contribution >= 4 is 11.7 Å². The molecular formula is C19H16N6O. The number of hydrogen-bond acceptors (Lipinski definition) is 6. The van der Waals surface area contributed by atoms with Crippen LogP contribution in [0.3, 0.4) is 0 Å². The lowest BCUT2D eigenvalue weighted by Gasteiger charge is -2.11. The van der Waals surface area contributed by atoms with Crippen LogP contribution in [0.2, 0.25) is 0 Å². The molecular weight excluding hydrogens is 328 g/mol. The van der Waals surface area contributed by atoms with E-state index in [2.05, 4.69) is 15.0 Å². The number of aromatic nitrogens is 3. The van der Waals surface area contributed by atoms with E-state index < -0.39 is 0 Å². The van der Waals surface area contributed by atoms with Gasteiger partial charge in [0.15, 0.2) is 0 Å². The molecule has 0 atom stereocenters. The molecule has 0 saturated heterocycles. The third-order valence-corrected chi connectivity index (χ3v) is 3.82. The second kappa shape index (κ2) is 6.99. The first-order valence-corrected chi connectivity index (χ1v) is 7.79. The zero-order chi connectivity index (χ0) is 18.7. The second-order valence-corrected chi connectivity index (χ2v) is 5.83. The minimum atomic E-state index is -0.121. The van der Waals surface area contributed by atoms with Crippen LogP contribution in [-0.4, -0.2) is 39.9 Å². The van der Waals surface area contributed by atoms with E-state index in [9.17, 15) is 4.79 Å². The first-order valence-electron chi connectivity index (χ1n) is 7.79. The van der Waals surface area contributed by atoms with Crippen LogP contribution in [0, 0.1) is 11.3 Å². The molecule has 0 saturated carbocycles. The summed E-state index contributed by atoms with van der Waals surface area (Å²) in [5.41, 5.74) is 9.70. The molecule has 0 fully saturated rings. The first-order chi connectivity index (χ1) is 12.5. The second-order valence-electron chi connectivity index (χ2n) is 5.83. The Morgan fingerprint density at radius 1 is 1.08 bits per heavy atom. The number of nitrogens with two attached hydrogens (primary N) is 1. The lowest BCUT2D eigenvalue weighted by Crippen LogP contribution is -2.21. The van der Waals surface area contributed by atoms with Gasteiger partial charge in [0, 0.05) is 43.8 Å². The lowest BCUT2D eigenvalue weighted by molar-refractivity contribution is 0.0827. The highest BCUT2D eigenvalue weighted by Gasteiger charge is 2.12. The zero-order valence-electron chi connectivity index (χ0n) is 14.3. The van der Waals surface area contributed by atoms with E-state index in [4.69, 9.17) is 11.0 Å². The number of anilines is 1. The van der Waals surface area contributed by atoms with Crippen LogP contribution in [0.4, 0.5) is 5.82 Å². The van der Waals surface area contributed by atoms with Gasteiger partial charge in [0.2, 0.25) is 0 Å². The van der Waals surface area contributed by atoms with E-state index in [1.165, 1.54) is 11.1 Å². The summed E-state index contributed by atoms with van der Waals surface area (Å²) in [5.74, 6) is 0.215. The zero-order valence-corrected chi connectivity index (χ0v) is 14.3. The van der Waals surface area contributed by atoms with Crippen LogP contribution >= 0.6 is 0 Å². The van der Waals surface area contributed by atoms with Gasteiger partial charge in [-0.1, -0.05) is 0 Å². The third kappa shape index (κ3) is 3.35. The Morgan fingerprint density at radius 3 is 2.54 bits per heavy atom. The molecule has 0 aliphatic carbocycles. The number of pyridine rings is 3. The fourth-order valence-electron chi connectivity index (χ4n) is 2.45. The molecule has 0 aliphatic heterocycles. The Hall–Kier alpha value is -3.79. The molecule has 0 unspecified atom stereocenters. The summed E-state index contributed by atoms with van der Waals surface area (Å²) in [5, 5.41) is 9.01. The Labute approximate surface area is 150 Å². The van der Waals surface area contributed by atoms with Crippen molar-refractivity contribution in [3.63, 3.8) is 0 Å². The number of hydrogen-bond donors (Lipinski definition) is 1. The molecule has 0 aliphatic rings. The van der Waals surface area contributed by atoms with Gasteiger partial charge >= 0.3 is 0 Å². The summed E-state index contributed by atoms with van der Waals surface area (Å²) in [4.78, 5) is 26.0. The van der Waals surface area contributed by atoms with Gasteiger partial charge in [-0.15, -0.1) is 0 Å². The highest BCUT2D eigenvalue weighted by atomic mass is 16.2. The van der Waals surface area contributed by atoms with Crippen LogP contribution in [-0.2, 0) is 0 Å². The molecule has 3 aromatic heterocycles. The van der Waals surface area contributed by atoms with Crippen molar-refractivity contribution < 1.29 is 4.79 Å². The van der Waals surface area contributed by atoms with Gasteiger partial charge in [-0.25, -0.2) is 9.97 Å². The van der Waals surface area contributed by atoms with Crippen molar-refractivity contribution in [1.29, 1.82) is 5.26 Å². The lowest BCUT2D eigenvalue weighted by atomic mass is 10.0. The van der Waals surface area contributed by atoms with Crippen molar-refractivity contribution in [3.8, 4) is 28.5 Å². The van der Waals surface area contributed by atoms with Gasteiger partial charge < -0.3 is 10.6 Å². The van der Waals surface area contributed by atoms with E-state index >= 15 is 0 Å². The molecule has 2 N–H and O–H groups in total. The molecule has 7 nitrogen and oxygen atoms in total. The molecule has 0 aromatic carbocycles. The number of carbonyl (C=O) groups is 1. The fraction of sp³-hybridized carbons (Fsp3) is 0.105. The van der Waals surface area contributed by atoms with Crippen LogP contribution in [0.15, 0.2) is 48.9 Å². The highest BCUT2D eigenvalue weighted by Crippen LogP contribution is 2.28. The molecule has 26 heavy (non-hydrogen) atoms. The molecule has 0 spiro atoms. The van der Waals surface area contributed by atoms with E-state index in [0.29, 0.717) is 28.3 Å². The quantitative estimate of drug-likeness (QED) is 0.781. The number of nitriles is 1. The maximum Gasteiger partial charge on any atom is 0.254 e. The molecule has 128 valence electrons. The van der Waals surface area contributed by atoms with Crippen LogP contribution < -0.4 is 5.73 Å². The largest absolute Gasteiger partial charge is 0.383 e. The summed E-state index contributed by atoms with van der Waals surface area (Å²) in [6.07, 6.45) is 4.73. The molecule has 3 rings (SSSR count). The van der Waals surface area contributed by atoms with Crippen molar-refractivity contribution in [2.45, 2.75) is 0 Å². The van der Waals surface area contributed by atoms with Gasteiger partial charge in [0.1, 0.15) is 17.6 Å². The molecule has 3 heterocycles. The van der Waals surface area contributed by atoms with Gasteiger partial charge in [0.05, 0.1) is 11.3 Å². The van der Waals surface area contributed by atoms with E-state index in [1.807, 2.05) is 12.1 Å². The molecule has 7 heteroatoms. The van der Waals surface area contributed by atoms with Crippen LogP contribution in [0.5, 0.6) is 0 Å². The summed E-state index contributed by atoms with van der Waals surface area (Å²) >= 11 is 0. The maximum absolute atomic E-state index is 12.0. The van der Waals surface area contributed by atoms with Gasteiger partial charge in [-0.3, -0.25) is 9.78 Å². The third-order valence-electron chi connectivity index (χ3n) is 3.82. The van der Waals surface area contributed by atoms with Crippen molar-refractivity contribution in [2.24, 2.45) is 0 Å². The Bertz CT molecular complexity index is 1010. The number of nitrogens with zero attached hydrogens (tertiary/aromatic N) is 5. The minimum absolute atomic E-state index is 0.121. The molecule has 0 radical (unpaired) electrons. The smallest absolute Gasteiger partial charge is 0.254 e. The van der Waals surface area contributed by atoms with Gasteiger partial charge in [-0.05, 0) is 35.9 Å². The highest BCUT2D eigenvalue weighted by molar-refractivity contribution is 5.94. The SMILES string of the molecule is CN(C)C(=O)c1ccc(-c2cc(-c3ccnc(C#N)c3)cnc2N)nc1. The summed E-state index contributed by atoms with van der Waals surface area (Å²) < 4.78 is 0. The Balaban J connectivity index is 2.00. The predicted molar refractivity (Wildman–Crippen MR) is 97.8 cm³/mol. The van der Waals surface area contributed by atoms with E-state index in [1.54, 1.807) is 50.8 Å². The predicted octanol–water partition coefficient (Wildman–Crippen LogP) is 2.36. The first kappa shape index (κ1) is 17.0. The number of rotatable bonds is 3. The minimum Gasteiger partial charge on any atom is -0.383 e. The average molecular weight is 344 g/mol. The standard InChI is InChI=1S/C19H16N6O/c1-25(2)19(26)13-3-4-17(23-10-13)16-8-14(11-24-18(16)21)12-5-6-22-15(7-12)9-20/h3-8,10-11H,1-2H3,(H2,21,24). The van der Waals surface area contributed by atoms with E-state index in [0.717, 1.165) is 11.1 Å². The fourth-order valence-corrected chi connectivity index (χ4v) is 2.45. The number of carbonyl (C=O) groups excluding carboxylic acids is 1. The van der Waals surface area contributed by atoms with Gasteiger partial charge in [-0.2, -0.15) is 5.26 Å². The maximum atomic E-state index is 12.0. The molecule has 1 amide bonds. The van der Waals surface area contributed by atoms with Crippen LogP contribution in [0.1, 0.15) is 16.1 Å². The Kier molecular flexibility index (Phi) is 4.58. The monoisotopic (exact) mass is 344 g/mol. The normalized spacial score (nSPS) is 10.2. The van der Waals surface area contributed by atoms with Crippen molar-refractivity contribution in [2.75, 3.05) is 19.8 Å². The number of nitrogen functional groups attached to an aromatic ring is 1. The molecule has 0 bridgehead atoms. The van der Waals surface area contributed by atoms with Gasteiger partial charge in [0.25, 0.3) is 5.91 Å². The summed E-state index contributed by atoms with van der Waals surface area (Å²) in [6, 6.07) is 10.8. The topological polar surface area (TPSA) is 109 Å². The van der Waals surface area contributed by atoms with E-state index in [-0.39, 0.29) is 5.91 Å². The summed E-state index contributed by atoms with van der Waals surface area (Å²) in [7, 11) is 3.37.